The van der Waals surface area contributed by atoms with Gasteiger partial charge in [0.1, 0.15) is 0 Å². The van der Waals surface area contributed by atoms with Crippen molar-refractivity contribution in [2.45, 2.75) is 12.5 Å². The minimum atomic E-state index is 0.0656. The largest absolute Gasteiger partial charge is 0.357 e. The molecule has 0 spiro atoms. The molecule has 0 amide bonds. The summed E-state index contributed by atoms with van der Waals surface area (Å²) < 4.78 is 0. The third-order valence-corrected chi connectivity index (χ3v) is 3.58. The monoisotopic (exact) mass is 261 g/mol. The van der Waals surface area contributed by atoms with Gasteiger partial charge in [0, 0.05) is 33.1 Å². The molecule has 2 aromatic rings. The maximum Gasteiger partial charge on any atom is 0.0532 e. The molecular weight excluding hydrogens is 250 g/mol. The van der Waals surface area contributed by atoms with Crippen molar-refractivity contribution in [1.29, 1.82) is 0 Å². The quantitative estimate of drug-likeness (QED) is 0.486. The first-order valence-corrected chi connectivity index (χ1v) is 6.21. The van der Waals surface area contributed by atoms with Crippen molar-refractivity contribution in [3.63, 3.8) is 0 Å². The van der Waals surface area contributed by atoms with E-state index in [1.54, 1.807) is 0 Å². The van der Waals surface area contributed by atoms with E-state index >= 15 is 0 Å². The van der Waals surface area contributed by atoms with Crippen molar-refractivity contribution >= 4 is 22.5 Å². The van der Waals surface area contributed by atoms with Crippen molar-refractivity contribution in [2.75, 3.05) is 13.1 Å². The van der Waals surface area contributed by atoms with Gasteiger partial charge in [-0.15, -0.1) is 0 Å². The van der Waals surface area contributed by atoms with E-state index in [1.807, 2.05) is 18.2 Å². The molecule has 1 aliphatic rings. The average molecular weight is 262 g/mol. The molecule has 1 atom stereocenters. The fraction of sp³-hybridized carbons (Fsp3) is 0.333. The lowest BCUT2D eigenvalue weighted by molar-refractivity contribution is 0.505. The zero-order chi connectivity index (χ0) is 12.5. The van der Waals surface area contributed by atoms with Gasteiger partial charge >= 0.3 is 0 Å². The Balaban J connectivity index is 2.12. The number of nitrogens with zero attached hydrogens (tertiary/aromatic N) is 3. The Hall–Kier alpha value is -1.68. The molecule has 0 aliphatic carbocycles. The molecule has 3 rings (SSSR count). The minimum Gasteiger partial charge on any atom is -0.357 e. The Bertz CT molecular complexity index is 641. The molecule has 6 heteroatoms. The Labute approximate surface area is 109 Å². The summed E-state index contributed by atoms with van der Waals surface area (Å²) in [5, 5.41) is 8.93. The van der Waals surface area contributed by atoms with Crippen LogP contribution in [0.25, 0.3) is 21.3 Å². The van der Waals surface area contributed by atoms with Crippen LogP contribution in [-0.2, 0) is 6.42 Å². The molecule has 92 valence electrons. The number of aromatic nitrogens is 1. The summed E-state index contributed by atoms with van der Waals surface area (Å²) in [5.74, 6) is 0. The van der Waals surface area contributed by atoms with Crippen molar-refractivity contribution in [2.24, 2.45) is 5.11 Å². The van der Waals surface area contributed by atoms with Crippen LogP contribution in [0.3, 0.4) is 0 Å². The number of fused-ring (bicyclic) bond motifs is 3. The van der Waals surface area contributed by atoms with Gasteiger partial charge in [-0.3, -0.25) is 0 Å². The highest BCUT2D eigenvalue weighted by molar-refractivity contribution is 6.31. The van der Waals surface area contributed by atoms with Gasteiger partial charge in [0.25, 0.3) is 0 Å². The number of H-pyrrole nitrogens is 1. The molecular formula is C12H12ClN5. The van der Waals surface area contributed by atoms with Crippen LogP contribution in [-0.4, -0.2) is 18.1 Å². The zero-order valence-corrected chi connectivity index (χ0v) is 10.4. The molecule has 1 aromatic carbocycles. The topological polar surface area (TPSA) is 76.6 Å². The third kappa shape index (κ3) is 1.82. The predicted octanol–water partition coefficient (Wildman–Crippen LogP) is 3.32. The molecule has 0 saturated carbocycles. The van der Waals surface area contributed by atoms with E-state index in [0.717, 1.165) is 29.2 Å². The Kier molecular flexibility index (Phi) is 2.88. The van der Waals surface area contributed by atoms with Gasteiger partial charge in [0.05, 0.1) is 6.04 Å². The Morgan fingerprint density at radius 3 is 3.22 bits per heavy atom. The highest BCUT2D eigenvalue weighted by Gasteiger charge is 2.23. The smallest absolute Gasteiger partial charge is 0.0532 e. The number of aromatic amines is 1. The first kappa shape index (κ1) is 11.4. The van der Waals surface area contributed by atoms with Crippen LogP contribution in [0.15, 0.2) is 23.3 Å². The molecule has 5 nitrogen and oxygen atoms in total. The van der Waals surface area contributed by atoms with Gasteiger partial charge in [0.15, 0.2) is 0 Å². The number of rotatable bonds is 2. The summed E-state index contributed by atoms with van der Waals surface area (Å²) in [4.78, 5) is 6.22. The number of azide groups is 1. The second kappa shape index (κ2) is 4.53. The van der Waals surface area contributed by atoms with Crippen LogP contribution in [0, 0.1) is 0 Å². The van der Waals surface area contributed by atoms with Gasteiger partial charge in [-0.25, -0.2) is 0 Å². The predicted molar refractivity (Wildman–Crippen MR) is 71.8 cm³/mol. The van der Waals surface area contributed by atoms with Crippen LogP contribution < -0.4 is 5.32 Å². The molecule has 1 unspecified atom stereocenters. The lowest BCUT2D eigenvalue weighted by atomic mass is 9.99. The van der Waals surface area contributed by atoms with E-state index < -0.39 is 0 Å². The average Bonchev–Trinajstić information content (AvgIpc) is 2.75. The van der Waals surface area contributed by atoms with E-state index in [9.17, 15) is 0 Å². The third-order valence-electron chi connectivity index (χ3n) is 3.34. The molecule has 0 saturated heterocycles. The molecule has 0 fully saturated rings. The summed E-state index contributed by atoms with van der Waals surface area (Å²) >= 11 is 6.04. The fourth-order valence-corrected chi connectivity index (χ4v) is 2.73. The van der Waals surface area contributed by atoms with Crippen molar-refractivity contribution in [1.82, 2.24) is 10.3 Å². The van der Waals surface area contributed by atoms with Crippen molar-refractivity contribution < 1.29 is 0 Å². The molecule has 2 N–H and O–H groups in total. The Morgan fingerprint density at radius 2 is 2.39 bits per heavy atom. The summed E-state index contributed by atoms with van der Waals surface area (Å²) in [7, 11) is 0. The standard InChI is InChI=1S/C12H12ClN5/c13-7-1-2-10-9(5-7)8-3-4-15-11(6-16-18-14)12(8)17-10/h1-2,5,11,15,17H,3-4,6H2. The van der Waals surface area contributed by atoms with Gasteiger partial charge in [-0.2, -0.15) is 0 Å². The van der Waals surface area contributed by atoms with E-state index in [-0.39, 0.29) is 6.04 Å². The first-order valence-electron chi connectivity index (χ1n) is 5.84. The first-order chi connectivity index (χ1) is 8.79. The maximum atomic E-state index is 8.42. The highest BCUT2D eigenvalue weighted by Crippen LogP contribution is 2.31. The maximum absolute atomic E-state index is 8.42. The van der Waals surface area contributed by atoms with Crippen LogP contribution >= 0.6 is 11.6 Å². The fourth-order valence-electron chi connectivity index (χ4n) is 2.55. The van der Waals surface area contributed by atoms with E-state index in [2.05, 4.69) is 20.3 Å². The van der Waals surface area contributed by atoms with Crippen molar-refractivity contribution in [3.8, 4) is 0 Å². The van der Waals surface area contributed by atoms with E-state index in [1.165, 1.54) is 10.9 Å². The van der Waals surface area contributed by atoms with Gasteiger partial charge in [-0.1, -0.05) is 16.7 Å². The second-order valence-corrected chi connectivity index (χ2v) is 4.81. The summed E-state index contributed by atoms with van der Waals surface area (Å²) in [6.07, 6.45) is 0.961. The molecule has 2 heterocycles. The van der Waals surface area contributed by atoms with E-state index in [0.29, 0.717) is 6.54 Å². The minimum absolute atomic E-state index is 0.0656. The second-order valence-electron chi connectivity index (χ2n) is 4.38. The Morgan fingerprint density at radius 1 is 1.50 bits per heavy atom. The summed E-state index contributed by atoms with van der Waals surface area (Å²) in [6, 6.07) is 5.92. The van der Waals surface area contributed by atoms with Gasteiger partial charge in [0.2, 0.25) is 0 Å². The molecule has 1 aromatic heterocycles. The van der Waals surface area contributed by atoms with Crippen molar-refractivity contribution in [3.05, 3.63) is 44.9 Å². The molecule has 0 radical (unpaired) electrons. The normalized spacial score (nSPS) is 18.4. The number of halogens is 1. The number of hydrogen-bond donors (Lipinski definition) is 2. The SMILES string of the molecule is [N-]=[N+]=NCC1NCCc2c1[nH]c1ccc(Cl)cc21. The molecule has 18 heavy (non-hydrogen) atoms. The van der Waals surface area contributed by atoms with Crippen LogP contribution in [0.1, 0.15) is 17.3 Å². The lowest BCUT2D eigenvalue weighted by Gasteiger charge is -2.22. The molecule has 1 aliphatic heterocycles. The zero-order valence-electron chi connectivity index (χ0n) is 9.65. The van der Waals surface area contributed by atoms with Gasteiger partial charge in [-0.05, 0) is 42.3 Å². The highest BCUT2D eigenvalue weighted by atomic mass is 35.5. The summed E-state index contributed by atoms with van der Waals surface area (Å²) in [6.45, 7) is 1.31. The number of benzene rings is 1. The number of hydrogen-bond acceptors (Lipinski definition) is 2. The number of nitrogens with one attached hydrogen (secondary N) is 2. The van der Waals surface area contributed by atoms with E-state index in [4.69, 9.17) is 17.1 Å². The van der Waals surface area contributed by atoms with Crippen LogP contribution in [0.4, 0.5) is 0 Å². The van der Waals surface area contributed by atoms with Gasteiger partial charge < -0.3 is 10.3 Å². The van der Waals surface area contributed by atoms with Crippen LogP contribution in [0.2, 0.25) is 5.02 Å². The lowest BCUT2D eigenvalue weighted by Crippen LogP contribution is -2.31. The summed E-state index contributed by atoms with van der Waals surface area (Å²) in [5.41, 5.74) is 11.9. The molecule has 0 bridgehead atoms. The van der Waals surface area contributed by atoms with Crippen LogP contribution in [0.5, 0.6) is 0 Å².